The molecule has 0 saturated carbocycles. The van der Waals surface area contributed by atoms with Crippen LogP contribution in [0.2, 0.25) is 0 Å². The van der Waals surface area contributed by atoms with Gasteiger partial charge in [-0.05, 0) is 40.8 Å². The van der Waals surface area contributed by atoms with Crippen LogP contribution in [0.15, 0.2) is 72.8 Å². The zero-order chi connectivity index (χ0) is 21.6. The van der Waals surface area contributed by atoms with Crippen LogP contribution in [-0.4, -0.2) is 12.4 Å². The van der Waals surface area contributed by atoms with E-state index in [1.807, 2.05) is 57.2 Å². The fourth-order valence-electron chi connectivity index (χ4n) is 3.39. The van der Waals surface area contributed by atoms with Gasteiger partial charge in [0, 0.05) is 11.0 Å². The predicted octanol–water partition coefficient (Wildman–Crippen LogP) is 7.82. The molecule has 0 aromatic heterocycles. The number of Topliss-reactive ketones (excluding diaryl/α,β-unsaturated/α-hetero) is 1. The normalized spacial score (nSPS) is 11.3. The summed E-state index contributed by atoms with van der Waals surface area (Å²) in [7, 11) is 0. The van der Waals surface area contributed by atoms with Crippen molar-refractivity contribution in [2.75, 3.05) is 6.61 Å². The molecule has 30 heavy (non-hydrogen) atoms. The molecule has 156 valence electrons. The van der Waals surface area contributed by atoms with Crippen molar-refractivity contribution in [1.82, 2.24) is 0 Å². The van der Waals surface area contributed by atoms with Crippen LogP contribution in [0.4, 0.5) is 0 Å². The minimum Gasteiger partial charge on any atom is -0.494 e. The van der Waals surface area contributed by atoms with Crippen molar-refractivity contribution in [3.63, 3.8) is 0 Å². The maximum absolute atomic E-state index is 12.4. The molecule has 0 radical (unpaired) electrons. The van der Waals surface area contributed by atoms with Gasteiger partial charge in [0.2, 0.25) is 0 Å². The molecule has 0 atom stereocenters. The molecule has 3 aromatic rings. The first-order valence-electron chi connectivity index (χ1n) is 10.9. The van der Waals surface area contributed by atoms with Crippen molar-refractivity contribution in [3.8, 4) is 28.0 Å². The largest absolute Gasteiger partial charge is 0.494 e. The van der Waals surface area contributed by atoms with Crippen LogP contribution >= 0.6 is 0 Å². The Bertz CT molecular complexity index is 944. The highest BCUT2D eigenvalue weighted by Gasteiger charge is 2.22. The molecule has 0 spiro atoms. The van der Waals surface area contributed by atoms with E-state index in [9.17, 15) is 4.79 Å². The molecule has 2 nitrogen and oxygen atoms in total. The number of hydrogen-bond donors (Lipinski definition) is 0. The summed E-state index contributed by atoms with van der Waals surface area (Å²) in [4.78, 5) is 12.4. The second-order valence-corrected chi connectivity index (χ2v) is 8.81. The van der Waals surface area contributed by atoms with Crippen LogP contribution in [0.1, 0.15) is 57.3 Å². The molecular weight excluding hydrogens is 368 g/mol. The number of hydrogen-bond acceptors (Lipinski definition) is 2. The molecule has 0 aliphatic heterocycles. The first-order chi connectivity index (χ1) is 14.4. The van der Waals surface area contributed by atoms with E-state index in [0.29, 0.717) is 0 Å². The van der Waals surface area contributed by atoms with Gasteiger partial charge in [-0.15, -0.1) is 0 Å². The van der Waals surface area contributed by atoms with Crippen molar-refractivity contribution in [1.29, 1.82) is 0 Å². The average Bonchev–Trinajstić information content (AvgIpc) is 2.76. The molecule has 2 heteroatoms. The van der Waals surface area contributed by atoms with Crippen molar-refractivity contribution in [2.24, 2.45) is 5.41 Å². The lowest BCUT2D eigenvalue weighted by Gasteiger charge is -2.16. The Hall–Kier alpha value is -2.87. The molecule has 0 amide bonds. The summed E-state index contributed by atoms with van der Waals surface area (Å²) < 4.78 is 5.80. The van der Waals surface area contributed by atoms with Gasteiger partial charge in [0.1, 0.15) is 5.75 Å². The minimum absolute atomic E-state index is 0.169. The van der Waals surface area contributed by atoms with E-state index in [-0.39, 0.29) is 11.2 Å². The maximum Gasteiger partial charge on any atom is 0.168 e. The van der Waals surface area contributed by atoms with E-state index < -0.39 is 0 Å². The Kier molecular flexibility index (Phi) is 7.10. The Morgan fingerprint density at radius 2 is 1.13 bits per heavy atom. The highest BCUT2D eigenvalue weighted by molar-refractivity contribution is 6.00. The lowest BCUT2D eigenvalue weighted by atomic mass is 9.86. The third kappa shape index (κ3) is 5.60. The summed E-state index contributed by atoms with van der Waals surface area (Å²) in [5.74, 6) is 1.10. The number of carbonyl (C=O) groups is 1. The summed E-state index contributed by atoms with van der Waals surface area (Å²) in [6, 6.07) is 24.7. The van der Waals surface area contributed by atoms with E-state index in [1.54, 1.807) is 0 Å². The zero-order valence-electron chi connectivity index (χ0n) is 18.6. The molecule has 0 N–H and O–H groups in total. The third-order valence-corrected chi connectivity index (χ3v) is 5.25. The highest BCUT2D eigenvalue weighted by Crippen LogP contribution is 2.28. The van der Waals surface area contributed by atoms with Crippen molar-refractivity contribution in [3.05, 3.63) is 78.4 Å². The molecule has 0 aliphatic rings. The minimum atomic E-state index is -0.362. The molecule has 3 aromatic carbocycles. The third-order valence-electron chi connectivity index (χ3n) is 5.25. The van der Waals surface area contributed by atoms with Gasteiger partial charge >= 0.3 is 0 Å². The van der Waals surface area contributed by atoms with Gasteiger partial charge in [0.05, 0.1) is 6.61 Å². The van der Waals surface area contributed by atoms with Gasteiger partial charge < -0.3 is 4.74 Å². The van der Waals surface area contributed by atoms with E-state index in [4.69, 9.17) is 4.74 Å². The fourth-order valence-corrected chi connectivity index (χ4v) is 3.39. The molecule has 3 rings (SSSR count). The molecule has 0 bridgehead atoms. The molecular formula is C28H32O2. The number of benzene rings is 3. The van der Waals surface area contributed by atoms with Crippen LogP contribution in [-0.2, 0) is 0 Å². The van der Waals surface area contributed by atoms with Gasteiger partial charge in [-0.3, -0.25) is 4.79 Å². The molecule has 0 saturated heterocycles. The summed E-state index contributed by atoms with van der Waals surface area (Å²) in [6.07, 6.45) is 3.52. The van der Waals surface area contributed by atoms with Gasteiger partial charge in [-0.25, -0.2) is 0 Å². The van der Waals surface area contributed by atoms with E-state index >= 15 is 0 Å². The van der Waals surface area contributed by atoms with Crippen molar-refractivity contribution >= 4 is 5.78 Å². The number of rotatable bonds is 8. The first-order valence-corrected chi connectivity index (χ1v) is 10.9. The number of ketones is 1. The Labute approximate surface area is 180 Å². The lowest BCUT2D eigenvalue weighted by molar-refractivity contribution is 0.0858. The Morgan fingerprint density at radius 3 is 1.57 bits per heavy atom. The van der Waals surface area contributed by atoms with Crippen LogP contribution in [0, 0.1) is 5.41 Å². The standard InChI is InChI=1S/C28H32O2/c1-5-6-7-20-30-26-18-16-24(17-19-26)22-10-8-21(9-11-22)23-12-14-25(15-13-23)27(29)28(2,3)4/h8-19H,5-7,20H2,1-4H3. The Balaban J connectivity index is 1.67. The average molecular weight is 401 g/mol. The second kappa shape index (κ2) is 9.75. The molecule has 0 unspecified atom stereocenters. The summed E-state index contributed by atoms with van der Waals surface area (Å²) in [6.45, 7) is 8.83. The number of ether oxygens (including phenoxy) is 1. The SMILES string of the molecule is CCCCCOc1ccc(-c2ccc(-c3ccc(C(=O)C(C)(C)C)cc3)cc2)cc1. The van der Waals surface area contributed by atoms with Gasteiger partial charge in [-0.1, -0.05) is 101 Å². The number of unbranched alkanes of at least 4 members (excludes halogenated alkanes) is 2. The highest BCUT2D eigenvalue weighted by atomic mass is 16.5. The predicted molar refractivity (Wildman–Crippen MR) is 126 cm³/mol. The van der Waals surface area contributed by atoms with Crippen molar-refractivity contribution in [2.45, 2.75) is 47.0 Å². The maximum atomic E-state index is 12.4. The number of carbonyl (C=O) groups excluding carboxylic acids is 1. The fraction of sp³-hybridized carbons (Fsp3) is 0.321. The van der Waals surface area contributed by atoms with Gasteiger partial charge in [0.25, 0.3) is 0 Å². The summed E-state index contributed by atoms with van der Waals surface area (Å²) in [5.41, 5.74) is 5.01. The smallest absolute Gasteiger partial charge is 0.168 e. The van der Waals surface area contributed by atoms with Gasteiger partial charge in [0.15, 0.2) is 5.78 Å². The van der Waals surface area contributed by atoms with Gasteiger partial charge in [-0.2, -0.15) is 0 Å². The zero-order valence-corrected chi connectivity index (χ0v) is 18.6. The van der Waals surface area contributed by atoms with Crippen LogP contribution in [0.5, 0.6) is 5.75 Å². The topological polar surface area (TPSA) is 26.3 Å². The molecule has 0 fully saturated rings. The van der Waals surface area contributed by atoms with E-state index in [1.165, 1.54) is 24.0 Å². The quantitative estimate of drug-likeness (QED) is 0.284. The van der Waals surface area contributed by atoms with E-state index in [0.717, 1.165) is 35.5 Å². The van der Waals surface area contributed by atoms with Crippen LogP contribution < -0.4 is 4.74 Å². The summed E-state index contributed by atoms with van der Waals surface area (Å²) in [5, 5.41) is 0. The Morgan fingerprint density at radius 1 is 0.700 bits per heavy atom. The van der Waals surface area contributed by atoms with E-state index in [2.05, 4.69) is 43.3 Å². The van der Waals surface area contributed by atoms with Crippen molar-refractivity contribution < 1.29 is 9.53 Å². The monoisotopic (exact) mass is 400 g/mol. The van der Waals surface area contributed by atoms with Crippen LogP contribution in [0.25, 0.3) is 22.3 Å². The second-order valence-electron chi connectivity index (χ2n) is 8.81. The summed E-state index contributed by atoms with van der Waals surface area (Å²) >= 11 is 0. The van der Waals surface area contributed by atoms with Crippen LogP contribution in [0.3, 0.4) is 0 Å². The molecule has 0 aliphatic carbocycles. The first kappa shape index (κ1) is 21.8. The molecule has 0 heterocycles. The lowest BCUT2D eigenvalue weighted by Crippen LogP contribution is -2.19.